The molecule has 230 valence electrons. The zero-order chi connectivity index (χ0) is 30.9. The number of nitrogens with one attached hydrogen (secondary N) is 1. The minimum atomic E-state index is -0.972. The number of allylic oxidation sites excluding steroid dienone is 2. The topological polar surface area (TPSA) is 95.4 Å². The van der Waals surface area contributed by atoms with Gasteiger partial charge in [0.15, 0.2) is 10.9 Å². The van der Waals surface area contributed by atoms with E-state index in [4.69, 9.17) is 9.72 Å². The van der Waals surface area contributed by atoms with Crippen LogP contribution in [0.5, 0.6) is 5.75 Å². The van der Waals surface area contributed by atoms with Crippen molar-refractivity contribution in [2.45, 2.75) is 81.6 Å². The first kappa shape index (κ1) is 30.6. The third-order valence-corrected chi connectivity index (χ3v) is 11.2. The van der Waals surface area contributed by atoms with Gasteiger partial charge in [-0.3, -0.25) is 4.79 Å². The molecule has 0 aliphatic heterocycles. The predicted molar refractivity (Wildman–Crippen MR) is 177 cm³/mol. The summed E-state index contributed by atoms with van der Waals surface area (Å²) in [5.74, 6) is 1.24. The number of imidazole rings is 1. The molecule has 7 rings (SSSR count). The molecule has 7 heteroatoms. The third kappa shape index (κ3) is 5.97. The normalized spacial score (nSPS) is 25.8. The first-order valence-electron chi connectivity index (χ1n) is 15.6. The fourth-order valence-electron chi connectivity index (χ4n) is 7.27. The van der Waals surface area contributed by atoms with Crippen LogP contribution in [-0.2, 0) is 6.42 Å². The number of aliphatic hydroxyl groups is 2. The Labute approximate surface area is 264 Å². The van der Waals surface area contributed by atoms with Crippen molar-refractivity contribution in [1.82, 2.24) is 9.97 Å². The minimum absolute atomic E-state index is 0.00804. The van der Waals surface area contributed by atoms with Gasteiger partial charge in [0.25, 0.3) is 0 Å². The molecule has 2 bridgehead atoms. The highest BCUT2D eigenvalue weighted by atomic mass is 32.2. The highest BCUT2D eigenvalue weighted by Crippen LogP contribution is 2.59. The molecule has 44 heavy (non-hydrogen) atoms. The molecule has 4 atom stereocenters. The van der Waals surface area contributed by atoms with Crippen LogP contribution in [0.4, 0.5) is 0 Å². The summed E-state index contributed by atoms with van der Waals surface area (Å²) in [6.07, 6.45) is 6.85. The second-order valence-electron chi connectivity index (χ2n) is 12.9. The number of rotatable bonds is 6. The maximum atomic E-state index is 14.1. The summed E-state index contributed by atoms with van der Waals surface area (Å²) in [6.45, 7) is 4.36. The van der Waals surface area contributed by atoms with Crippen LogP contribution in [0, 0.1) is 5.41 Å². The van der Waals surface area contributed by atoms with Crippen LogP contribution in [0.3, 0.4) is 0 Å². The van der Waals surface area contributed by atoms with Crippen molar-refractivity contribution in [3.8, 4) is 5.75 Å². The molecule has 6 nitrogen and oxygen atoms in total. The molecule has 1 fully saturated rings. The van der Waals surface area contributed by atoms with Gasteiger partial charge in [0.1, 0.15) is 5.75 Å². The summed E-state index contributed by atoms with van der Waals surface area (Å²) in [5.41, 5.74) is 4.87. The van der Waals surface area contributed by atoms with Crippen molar-refractivity contribution in [2.24, 2.45) is 5.41 Å². The van der Waals surface area contributed by atoms with E-state index in [0.717, 1.165) is 58.7 Å². The van der Waals surface area contributed by atoms with Crippen molar-refractivity contribution in [3.63, 3.8) is 0 Å². The Balaban J connectivity index is 1.38. The van der Waals surface area contributed by atoms with E-state index >= 15 is 0 Å². The molecule has 4 aromatic rings. The van der Waals surface area contributed by atoms with E-state index in [-0.39, 0.29) is 11.7 Å². The maximum absolute atomic E-state index is 14.1. The Bertz CT molecular complexity index is 1680. The summed E-state index contributed by atoms with van der Waals surface area (Å²) < 4.78 is 5.37. The van der Waals surface area contributed by atoms with Crippen LogP contribution < -0.4 is 4.74 Å². The van der Waals surface area contributed by atoms with Crippen molar-refractivity contribution < 1.29 is 19.7 Å². The van der Waals surface area contributed by atoms with E-state index in [1.807, 2.05) is 54.6 Å². The first-order valence-corrected chi connectivity index (χ1v) is 16.6. The number of ether oxygens (including phenoxy) is 1. The SMILES string of the molecule is COc1ccc2nc(SC[C@]3(O)CC[C@H]4c5ccc(cc5C(=O)c5ccccc5)C[C@@H](O)CCC(C)=CCC[C@@]43C)[nH]c2c1. The Hall–Kier alpha value is -3.39. The Morgan fingerprint density at radius 1 is 1.09 bits per heavy atom. The molecule has 0 amide bonds. The van der Waals surface area contributed by atoms with E-state index in [2.05, 4.69) is 37.0 Å². The van der Waals surface area contributed by atoms with Crippen molar-refractivity contribution >= 4 is 28.6 Å². The maximum Gasteiger partial charge on any atom is 0.193 e. The summed E-state index contributed by atoms with van der Waals surface area (Å²) in [4.78, 5) is 22.2. The molecule has 3 aliphatic rings. The Morgan fingerprint density at radius 2 is 1.91 bits per heavy atom. The van der Waals surface area contributed by atoms with E-state index in [0.29, 0.717) is 36.1 Å². The second-order valence-corrected chi connectivity index (χ2v) is 13.8. The average Bonchev–Trinajstić information content (AvgIpc) is 3.56. The lowest BCUT2D eigenvalue weighted by molar-refractivity contribution is -0.0422. The van der Waals surface area contributed by atoms with Gasteiger partial charge in [-0.1, -0.05) is 72.8 Å². The monoisotopic (exact) mass is 610 g/mol. The Kier molecular flexibility index (Phi) is 8.73. The largest absolute Gasteiger partial charge is 0.497 e. The van der Waals surface area contributed by atoms with Crippen molar-refractivity contribution in [2.75, 3.05) is 12.9 Å². The molecule has 0 spiro atoms. The molecule has 0 radical (unpaired) electrons. The van der Waals surface area contributed by atoms with E-state index in [1.54, 1.807) is 18.9 Å². The lowest BCUT2D eigenvalue weighted by atomic mass is 9.65. The van der Waals surface area contributed by atoms with E-state index < -0.39 is 17.1 Å². The number of methoxy groups -OCH3 is 1. The fraction of sp³-hybridized carbons (Fsp3) is 0.405. The summed E-state index contributed by atoms with van der Waals surface area (Å²) in [6, 6.07) is 21.4. The number of fused-ring (bicyclic) bond motifs is 9. The number of aliphatic hydroxyl groups excluding tert-OH is 1. The second kappa shape index (κ2) is 12.5. The van der Waals surface area contributed by atoms with Gasteiger partial charge in [-0.2, -0.15) is 0 Å². The molecule has 0 saturated heterocycles. The van der Waals surface area contributed by atoms with Crippen molar-refractivity contribution in [1.29, 1.82) is 0 Å². The lowest BCUT2D eigenvalue weighted by Crippen LogP contribution is -2.46. The van der Waals surface area contributed by atoms with Crippen LogP contribution in [0.15, 0.2) is 83.5 Å². The van der Waals surface area contributed by atoms with Gasteiger partial charge in [0, 0.05) is 28.4 Å². The third-order valence-electron chi connectivity index (χ3n) is 10.1. The molecule has 1 saturated carbocycles. The highest BCUT2D eigenvalue weighted by molar-refractivity contribution is 7.99. The van der Waals surface area contributed by atoms with Gasteiger partial charge in [0.05, 0.1) is 29.8 Å². The number of aromatic amines is 1. The molecular formula is C37H42N2O4S. The number of hydrogen-bond donors (Lipinski definition) is 3. The first-order chi connectivity index (χ1) is 21.2. The van der Waals surface area contributed by atoms with Crippen LogP contribution in [0.25, 0.3) is 11.0 Å². The number of hydrogen-bond acceptors (Lipinski definition) is 6. The van der Waals surface area contributed by atoms with Crippen LogP contribution in [0.1, 0.15) is 85.3 Å². The molecule has 0 unspecified atom stereocenters. The van der Waals surface area contributed by atoms with Gasteiger partial charge in [-0.25, -0.2) is 4.98 Å². The number of benzene rings is 3. The van der Waals surface area contributed by atoms with Crippen LogP contribution in [-0.4, -0.2) is 50.5 Å². The van der Waals surface area contributed by atoms with Crippen LogP contribution >= 0.6 is 11.8 Å². The lowest BCUT2D eigenvalue weighted by Gasteiger charge is -2.44. The van der Waals surface area contributed by atoms with Gasteiger partial charge in [-0.15, -0.1) is 0 Å². The van der Waals surface area contributed by atoms with E-state index in [9.17, 15) is 15.0 Å². The van der Waals surface area contributed by atoms with Gasteiger partial charge >= 0.3 is 0 Å². The molecule has 3 aliphatic carbocycles. The Morgan fingerprint density at radius 3 is 2.70 bits per heavy atom. The zero-order valence-electron chi connectivity index (χ0n) is 25.8. The number of H-pyrrole nitrogens is 1. The number of ketones is 1. The number of carbonyl (C=O) groups is 1. The van der Waals surface area contributed by atoms with E-state index in [1.165, 1.54) is 5.57 Å². The van der Waals surface area contributed by atoms with Gasteiger partial charge in [0.2, 0.25) is 0 Å². The quantitative estimate of drug-likeness (QED) is 0.118. The number of thioether (sulfide) groups is 1. The summed E-state index contributed by atoms with van der Waals surface area (Å²) >= 11 is 1.55. The highest BCUT2D eigenvalue weighted by Gasteiger charge is 2.56. The van der Waals surface area contributed by atoms with Gasteiger partial charge in [-0.05, 0) is 87.1 Å². The number of aromatic nitrogens is 2. The molecule has 1 aromatic heterocycles. The molecule has 1 heterocycles. The zero-order valence-corrected chi connectivity index (χ0v) is 26.6. The number of nitrogens with zero attached hydrogens (tertiary/aromatic N) is 1. The van der Waals surface area contributed by atoms with Crippen LogP contribution in [0.2, 0.25) is 0 Å². The smallest absolute Gasteiger partial charge is 0.193 e. The predicted octanol–water partition coefficient (Wildman–Crippen LogP) is 7.63. The fourth-order valence-corrected chi connectivity index (χ4v) is 8.46. The summed E-state index contributed by atoms with van der Waals surface area (Å²) in [7, 11) is 1.65. The molecule has 3 N–H and O–H groups in total. The number of carbonyl (C=O) groups excluding carboxylic acids is 1. The van der Waals surface area contributed by atoms with Gasteiger partial charge < -0.3 is 19.9 Å². The minimum Gasteiger partial charge on any atom is -0.497 e. The van der Waals surface area contributed by atoms with Crippen molar-refractivity contribution in [3.05, 3.63) is 101 Å². The molecule has 3 aromatic carbocycles. The standard InChI is InChI=1S/C37H42N2O4S/c1-24-8-7-18-36(2)31(17-19-37(36,42)23-44-35-38-32-16-14-28(43-3)22-33(32)39-35)29-15-12-25(20-27(40)13-11-24)21-30(29)34(41)26-9-5-4-6-10-26/h4-6,8-10,12,14-16,21-22,27,31,40,42H,7,11,13,17-20,23H2,1-3H3,(H,38,39)/t27-,31-,36-,37+/m0/s1. The average molecular weight is 611 g/mol. The molecular weight excluding hydrogens is 568 g/mol. The summed E-state index contributed by atoms with van der Waals surface area (Å²) in [5, 5.41) is 24.2.